The highest BCUT2D eigenvalue weighted by Crippen LogP contribution is 2.38. The maximum atomic E-state index is 12.8. The molecule has 0 spiro atoms. The Hall–Kier alpha value is -1.94. The lowest BCUT2D eigenvalue weighted by Crippen LogP contribution is -2.29. The molecule has 1 aromatic carbocycles. The fourth-order valence-corrected chi connectivity index (χ4v) is 4.54. The highest BCUT2D eigenvalue weighted by molar-refractivity contribution is 7.18. The van der Waals surface area contributed by atoms with Crippen molar-refractivity contribution in [2.24, 2.45) is 0 Å². The number of carbonyl (C=O) groups is 2. The van der Waals surface area contributed by atoms with Crippen LogP contribution in [0.3, 0.4) is 0 Å². The standard InChI is InChI=1S/C19H21NO2S/c1-13-16(14(2)21)19(20-11-7-4-8-12-20)23-18(13)17(22)15-9-5-3-6-10-15/h3,5-6,9-10H,4,7-8,11-12H2,1-2H3. The van der Waals surface area contributed by atoms with Gasteiger partial charge in [-0.1, -0.05) is 30.3 Å². The summed E-state index contributed by atoms with van der Waals surface area (Å²) in [4.78, 5) is 28.0. The molecule has 120 valence electrons. The van der Waals surface area contributed by atoms with E-state index in [9.17, 15) is 9.59 Å². The lowest BCUT2D eigenvalue weighted by atomic mass is 10.0. The smallest absolute Gasteiger partial charge is 0.203 e. The van der Waals surface area contributed by atoms with Gasteiger partial charge in [-0.2, -0.15) is 0 Å². The number of thiophene rings is 1. The van der Waals surface area contributed by atoms with Gasteiger partial charge in [-0.25, -0.2) is 0 Å². The Morgan fingerprint density at radius 1 is 1.04 bits per heavy atom. The zero-order valence-corrected chi connectivity index (χ0v) is 14.4. The van der Waals surface area contributed by atoms with Gasteiger partial charge in [0.25, 0.3) is 0 Å². The third-order valence-electron chi connectivity index (χ3n) is 4.37. The normalized spacial score (nSPS) is 14.8. The van der Waals surface area contributed by atoms with Crippen LogP contribution in [0.5, 0.6) is 0 Å². The van der Waals surface area contributed by atoms with Crippen LogP contribution in [0, 0.1) is 6.92 Å². The second kappa shape index (κ2) is 6.67. The van der Waals surface area contributed by atoms with Crippen molar-refractivity contribution in [3.05, 3.63) is 51.9 Å². The summed E-state index contributed by atoms with van der Waals surface area (Å²) in [6.07, 6.45) is 3.54. The number of nitrogens with zero attached hydrogens (tertiary/aromatic N) is 1. The summed E-state index contributed by atoms with van der Waals surface area (Å²) in [6.45, 7) is 5.44. The van der Waals surface area contributed by atoms with Gasteiger partial charge in [-0.15, -0.1) is 11.3 Å². The molecule has 0 radical (unpaired) electrons. The number of anilines is 1. The number of hydrogen-bond donors (Lipinski definition) is 0. The van der Waals surface area contributed by atoms with Crippen LogP contribution in [0.4, 0.5) is 5.00 Å². The van der Waals surface area contributed by atoms with Gasteiger partial charge in [0.2, 0.25) is 5.78 Å². The largest absolute Gasteiger partial charge is 0.363 e. The first kappa shape index (κ1) is 15.9. The summed E-state index contributed by atoms with van der Waals surface area (Å²) in [5, 5.41) is 0.981. The number of piperidine rings is 1. The highest BCUT2D eigenvalue weighted by atomic mass is 32.1. The van der Waals surface area contributed by atoms with E-state index in [0.717, 1.165) is 42.1 Å². The average Bonchev–Trinajstić information content (AvgIpc) is 2.93. The number of ketones is 2. The Morgan fingerprint density at radius 3 is 2.30 bits per heavy atom. The Kier molecular flexibility index (Phi) is 4.62. The molecule has 3 rings (SSSR count). The lowest BCUT2D eigenvalue weighted by Gasteiger charge is -2.28. The van der Waals surface area contributed by atoms with E-state index in [4.69, 9.17) is 0 Å². The number of benzene rings is 1. The first-order valence-electron chi connectivity index (χ1n) is 8.08. The van der Waals surface area contributed by atoms with E-state index in [1.807, 2.05) is 37.3 Å². The van der Waals surface area contributed by atoms with Crippen molar-refractivity contribution in [3.8, 4) is 0 Å². The van der Waals surface area contributed by atoms with Crippen molar-refractivity contribution in [2.75, 3.05) is 18.0 Å². The Balaban J connectivity index is 2.05. The molecule has 0 N–H and O–H groups in total. The van der Waals surface area contributed by atoms with E-state index < -0.39 is 0 Å². The van der Waals surface area contributed by atoms with Gasteiger partial charge in [0.05, 0.1) is 10.4 Å². The predicted octanol–water partition coefficient (Wildman–Crippen LogP) is 4.48. The summed E-state index contributed by atoms with van der Waals surface area (Å²) in [6, 6.07) is 9.30. The van der Waals surface area contributed by atoms with E-state index in [1.54, 1.807) is 6.92 Å². The summed E-state index contributed by atoms with van der Waals surface area (Å²) in [7, 11) is 0. The second-order valence-electron chi connectivity index (χ2n) is 6.04. The summed E-state index contributed by atoms with van der Waals surface area (Å²) in [5.74, 6) is 0.0605. The molecule has 2 heterocycles. The molecular formula is C19H21NO2S. The SMILES string of the molecule is CC(=O)c1c(N2CCCCC2)sc(C(=O)c2ccccc2)c1C. The van der Waals surface area contributed by atoms with Crippen molar-refractivity contribution in [2.45, 2.75) is 33.1 Å². The molecule has 1 aliphatic heterocycles. The van der Waals surface area contributed by atoms with Crippen molar-refractivity contribution >= 4 is 27.9 Å². The van der Waals surface area contributed by atoms with E-state index >= 15 is 0 Å². The molecule has 0 aliphatic carbocycles. The molecule has 0 atom stereocenters. The topological polar surface area (TPSA) is 37.4 Å². The van der Waals surface area contributed by atoms with Gasteiger partial charge < -0.3 is 4.90 Å². The quantitative estimate of drug-likeness (QED) is 0.777. The van der Waals surface area contributed by atoms with E-state index in [1.165, 1.54) is 17.8 Å². The van der Waals surface area contributed by atoms with E-state index in [0.29, 0.717) is 10.4 Å². The molecule has 1 fully saturated rings. The van der Waals surface area contributed by atoms with E-state index in [2.05, 4.69) is 4.90 Å². The van der Waals surface area contributed by atoms with Crippen LogP contribution in [0.25, 0.3) is 0 Å². The van der Waals surface area contributed by atoms with Crippen LogP contribution in [0.2, 0.25) is 0 Å². The molecule has 2 aromatic rings. The van der Waals surface area contributed by atoms with Gasteiger partial charge in [-0.3, -0.25) is 9.59 Å². The molecule has 1 saturated heterocycles. The summed E-state index contributed by atoms with van der Waals surface area (Å²) in [5.41, 5.74) is 2.24. The molecule has 3 nitrogen and oxygen atoms in total. The molecule has 1 aromatic heterocycles. The summed E-state index contributed by atoms with van der Waals surface area (Å²) < 4.78 is 0. The number of Topliss-reactive ketones (excluding diaryl/α,β-unsaturated/α-hetero) is 1. The number of carbonyl (C=O) groups excluding carboxylic acids is 2. The molecule has 0 saturated carbocycles. The van der Waals surface area contributed by atoms with Gasteiger partial charge >= 0.3 is 0 Å². The van der Waals surface area contributed by atoms with Crippen LogP contribution >= 0.6 is 11.3 Å². The Labute approximate surface area is 140 Å². The highest BCUT2D eigenvalue weighted by Gasteiger charge is 2.26. The Bertz CT molecular complexity index is 727. The van der Waals surface area contributed by atoms with Crippen LogP contribution in [-0.2, 0) is 0 Å². The minimum Gasteiger partial charge on any atom is -0.363 e. The van der Waals surface area contributed by atoms with Gasteiger partial charge in [0.1, 0.15) is 5.00 Å². The van der Waals surface area contributed by atoms with Crippen LogP contribution in [0.15, 0.2) is 30.3 Å². The fraction of sp³-hybridized carbons (Fsp3) is 0.368. The molecule has 4 heteroatoms. The fourth-order valence-electron chi connectivity index (χ4n) is 3.17. The second-order valence-corrected chi connectivity index (χ2v) is 7.03. The zero-order chi connectivity index (χ0) is 16.4. The first-order valence-corrected chi connectivity index (χ1v) is 8.90. The average molecular weight is 327 g/mol. The van der Waals surface area contributed by atoms with Crippen molar-refractivity contribution in [3.63, 3.8) is 0 Å². The van der Waals surface area contributed by atoms with Crippen molar-refractivity contribution in [1.82, 2.24) is 0 Å². The maximum absolute atomic E-state index is 12.8. The molecule has 0 amide bonds. The van der Waals surface area contributed by atoms with Crippen molar-refractivity contribution in [1.29, 1.82) is 0 Å². The zero-order valence-electron chi connectivity index (χ0n) is 13.6. The van der Waals surface area contributed by atoms with Crippen LogP contribution < -0.4 is 4.90 Å². The predicted molar refractivity (Wildman–Crippen MR) is 95.0 cm³/mol. The maximum Gasteiger partial charge on any atom is 0.203 e. The third kappa shape index (κ3) is 3.08. The molecule has 1 aliphatic rings. The van der Waals surface area contributed by atoms with Crippen LogP contribution in [0.1, 0.15) is 57.3 Å². The van der Waals surface area contributed by atoms with Crippen LogP contribution in [-0.4, -0.2) is 24.7 Å². The summed E-state index contributed by atoms with van der Waals surface area (Å²) >= 11 is 1.48. The van der Waals surface area contributed by atoms with Crippen molar-refractivity contribution < 1.29 is 9.59 Å². The third-order valence-corrected chi connectivity index (χ3v) is 5.72. The number of hydrogen-bond acceptors (Lipinski definition) is 4. The Morgan fingerprint density at radius 2 is 1.70 bits per heavy atom. The number of rotatable bonds is 4. The molecule has 23 heavy (non-hydrogen) atoms. The minimum atomic E-state index is 0.0128. The minimum absolute atomic E-state index is 0.0128. The first-order chi connectivity index (χ1) is 11.1. The lowest BCUT2D eigenvalue weighted by molar-refractivity contribution is 0.101. The molecule has 0 bridgehead atoms. The van der Waals surface area contributed by atoms with Gasteiger partial charge in [0.15, 0.2) is 5.78 Å². The van der Waals surface area contributed by atoms with Gasteiger partial charge in [0, 0.05) is 18.7 Å². The monoisotopic (exact) mass is 327 g/mol. The van der Waals surface area contributed by atoms with Gasteiger partial charge in [-0.05, 0) is 38.7 Å². The molecule has 0 unspecified atom stereocenters. The molecular weight excluding hydrogens is 306 g/mol. The van der Waals surface area contributed by atoms with E-state index in [-0.39, 0.29) is 11.6 Å².